The van der Waals surface area contributed by atoms with Crippen molar-refractivity contribution in [2.45, 2.75) is 6.61 Å². The summed E-state index contributed by atoms with van der Waals surface area (Å²) < 4.78 is 40.3. The molecule has 0 radical (unpaired) electrons. The van der Waals surface area contributed by atoms with Crippen LogP contribution in [0.1, 0.15) is 10.4 Å². The molecular formula is C8H4F3NO4. The summed E-state index contributed by atoms with van der Waals surface area (Å²) in [5.41, 5.74) is -1.35. The van der Waals surface area contributed by atoms with Gasteiger partial charge in [-0.2, -0.15) is 8.78 Å². The third kappa shape index (κ3) is 2.47. The summed E-state index contributed by atoms with van der Waals surface area (Å²) >= 11 is 0. The molecule has 1 aromatic rings. The number of rotatable bonds is 4. The minimum Gasteiger partial charge on any atom is -0.431 e. The van der Waals surface area contributed by atoms with Crippen LogP contribution in [0.5, 0.6) is 5.75 Å². The number of halogens is 3. The number of benzene rings is 1. The summed E-state index contributed by atoms with van der Waals surface area (Å²) in [6.45, 7) is -3.31. The maximum Gasteiger partial charge on any atom is 0.387 e. The first-order chi connectivity index (χ1) is 7.45. The van der Waals surface area contributed by atoms with Gasteiger partial charge in [0.2, 0.25) is 0 Å². The number of hydrogen-bond donors (Lipinski definition) is 0. The van der Waals surface area contributed by atoms with Crippen molar-refractivity contribution in [3.8, 4) is 5.75 Å². The maximum atomic E-state index is 13.0. The molecule has 0 unspecified atom stereocenters. The van der Waals surface area contributed by atoms with Crippen molar-refractivity contribution in [1.82, 2.24) is 0 Å². The lowest BCUT2D eigenvalue weighted by atomic mass is 10.2. The summed E-state index contributed by atoms with van der Waals surface area (Å²) in [4.78, 5) is 19.8. The van der Waals surface area contributed by atoms with Crippen molar-refractivity contribution in [3.63, 3.8) is 0 Å². The minimum absolute atomic E-state index is 0.0490. The SMILES string of the molecule is O=Cc1cc(F)c(OC(F)F)cc1[N+](=O)[O-]. The van der Waals surface area contributed by atoms with Crippen molar-refractivity contribution in [3.05, 3.63) is 33.6 Å². The molecule has 0 bridgehead atoms. The number of alkyl halides is 2. The van der Waals surface area contributed by atoms with Crippen LogP contribution >= 0.6 is 0 Å². The van der Waals surface area contributed by atoms with Gasteiger partial charge in [-0.15, -0.1) is 0 Å². The van der Waals surface area contributed by atoms with Crippen LogP contribution in [0.25, 0.3) is 0 Å². The van der Waals surface area contributed by atoms with E-state index >= 15 is 0 Å². The van der Waals surface area contributed by atoms with E-state index in [1.807, 2.05) is 0 Å². The Morgan fingerprint density at radius 1 is 1.44 bits per heavy atom. The zero-order valence-corrected chi connectivity index (χ0v) is 7.52. The fourth-order valence-corrected chi connectivity index (χ4v) is 0.997. The van der Waals surface area contributed by atoms with Crippen molar-refractivity contribution >= 4 is 12.0 Å². The van der Waals surface area contributed by atoms with Crippen LogP contribution < -0.4 is 4.74 Å². The van der Waals surface area contributed by atoms with Gasteiger partial charge < -0.3 is 4.74 Å². The quantitative estimate of drug-likeness (QED) is 0.455. The molecule has 0 spiro atoms. The molecule has 0 amide bonds. The summed E-state index contributed by atoms with van der Waals surface area (Å²) in [7, 11) is 0. The van der Waals surface area contributed by atoms with Crippen LogP contribution in [0.15, 0.2) is 12.1 Å². The molecule has 0 atom stereocenters. The Bertz CT molecular complexity index is 436. The Labute approximate surface area is 86.6 Å². The molecule has 0 heterocycles. The van der Waals surface area contributed by atoms with Gasteiger partial charge in [0.25, 0.3) is 5.69 Å². The Morgan fingerprint density at radius 2 is 2.06 bits per heavy atom. The molecule has 0 aliphatic heterocycles. The number of nitro groups is 1. The van der Waals surface area contributed by atoms with Crippen LogP contribution in [0.2, 0.25) is 0 Å². The van der Waals surface area contributed by atoms with Crippen LogP contribution in [-0.2, 0) is 0 Å². The molecule has 1 rings (SSSR count). The smallest absolute Gasteiger partial charge is 0.387 e. The fraction of sp³-hybridized carbons (Fsp3) is 0.125. The average Bonchev–Trinajstić information content (AvgIpc) is 2.19. The molecule has 0 fully saturated rings. The van der Waals surface area contributed by atoms with E-state index in [0.717, 1.165) is 0 Å². The number of aldehydes is 1. The van der Waals surface area contributed by atoms with Crippen molar-refractivity contribution in [2.75, 3.05) is 0 Å². The number of hydrogen-bond acceptors (Lipinski definition) is 4. The van der Waals surface area contributed by atoms with Gasteiger partial charge in [0, 0.05) is 0 Å². The maximum absolute atomic E-state index is 13.0. The van der Waals surface area contributed by atoms with E-state index in [1.54, 1.807) is 0 Å². The van der Waals surface area contributed by atoms with Gasteiger partial charge in [0.15, 0.2) is 17.9 Å². The van der Waals surface area contributed by atoms with E-state index in [1.165, 1.54) is 0 Å². The van der Waals surface area contributed by atoms with Crippen molar-refractivity contribution < 1.29 is 27.6 Å². The highest BCUT2D eigenvalue weighted by Crippen LogP contribution is 2.28. The highest BCUT2D eigenvalue weighted by Gasteiger charge is 2.20. The van der Waals surface area contributed by atoms with E-state index in [4.69, 9.17) is 0 Å². The second-order valence-corrected chi connectivity index (χ2v) is 2.59. The molecule has 0 aromatic heterocycles. The lowest BCUT2D eigenvalue weighted by Gasteiger charge is -2.06. The van der Waals surface area contributed by atoms with Gasteiger partial charge in [-0.1, -0.05) is 0 Å². The van der Waals surface area contributed by atoms with Crippen LogP contribution in [0, 0.1) is 15.9 Å². The topological polar surface area (TPSA) is 69.4 Å². The first kappa shape index (κ1) is 12.0. The van der Waals surface area contributed by atoms with Crippen molar-refractivity contribution in [2.24, 2.45) is 0 Å². The summed E-state index contributed by atoms with van der Waals surface area (Å²) in [6, 6.07) is 0.897. The van der Waals surface area contributed by atoms with E-state index < -0.39 is 34.4 Å². The lowest BCUT2D eigenvalue weighted by molar-refractivity contribution is -0.385. The Hall–Kier alpha value is -2.12. The third-order valence-corrected chi connectivity index (χ3v) is 1.62. The Morgan fingerprint density at radius 3 is 2.50 bits per heavy atom. The van der Waals surface area contributed by atoms with Gasteiger partial charge in [0.05, 0.1) is 16.6 Å². The number of nitrogens with zero attached hydrogens (tertiary/aromatic N) is 1. The van der Waals surface area contributed by atoms with E-state index in [2.05, 4.69) is 4.74 Å². The number of ether oxygens (including phenoxy) is 1. The molecule has 0 saturated heterocycles. The molecule has 16 heavy (non-hydrogen) atoms. The van der Waals surface area contributed by atoms with Crippen LogP contribution in [0.4, 0.5) is 18.9 Å². The molecule has 0 aliphatic rings. The molecular weight excluding hydrogens is 231 g/mol. The van der Waals surface area contributed by atoms with Crippen molar-refractivity contribution in [1.29, 1.82) is 0 Å². The Balaban J connectivity index is 3.27. The largest absolute Gasteiger partial charge is 0.431 e. The first-order valence-electron chi connectivity index (χ1n) is 3.83. The highest BCUT2D eigenvalue weighted by atomic mass is 19.3. The molecule has 0 aliphatic carbocycles. The summed E-state index contributed by atoms with van der Waals surface area (Å²) in [5.74, 6) is -2.25. The predicted molar refractivity (Wildman–Crippen MR) is 45.1 cm³/mol. The number of nitro benzene ring substituents is 1. The standard InChI is InChI=1S/C8H4F3NO4/c9-5-1-4(3-13)6(12(14)15)2-7(5)16-8(10)11/h1-3,8H. The normalized spacial score (nSPS) is 10.2. The van der Waals surface area contributed by atoms with E-state index in [0.29, 0.717) is 12.1 Å². The molecule has 0 N–H and O–H groups in total. The highest BCUT2D eigenvalue weighted by molar-refractivity contribution is 5.81. The molecule has 5 nitrogen and oxygen atoms in total. The molecule has 86 valence electrons. The summed E-state index contributed by atoms with van der Waals surface area (Å²) in [6.07, 6.45) is 0.0490. The predicted octanol–water partition coefficient (Wildman–Crippen LogP) is 2.15. The van der Waals surface area contributed by atoms with E-state index in [-0.39, 0.29) is 6.29 Å². The zero-order chi connectivity index (χ0) is 12.3. The third-order valence-electron chi connectivity index (χ3n) is 1.62. The van der Waals surface area contributed by atoms with Gasteiger partial charge >= 0.3 is 6.61 Å². The van der Waals surface area contributed by atoms with Gasteiger partial charge in [-0.3, -0.25) is 14.9 Å². The Kier molecular flexibility index (Phi) is 3.44. The first-order valence-corrected chi connectivity index (χ1v) is 3.83. The second-order valence-electron chi connectivity index (χ2n) is 2.59. The average molecular weight is 235 g/mol. The van der Waals surface area contributed by atoms with Gasteiger partial charge in [0.1, 0.15) is 0 Å². The molecule has 0 saturated carbocycles. The van der Waals surface area contributed by atoms with Gasteiger partial charge in [-0.05, 0) is 6.07 Å². The lowest BCUT2D eigenvalue weighted by Crippen LogP contribution is -2.05. The monoisotopic (exact) mass is 235 g/mol. The van der Waals surface area contributed by atoms with Crippen LogP contribution in [-0.4, -0.2) is 17.8 Å². The fourth-order valence-electron chi connectivity index (χ4n) is 0.997. The second kappa shape index (κ2) is 4.60. The number of carbonyl (C=O) groups is 1. The summed E-state index contributed by atoms with van der Waals surface area (Å²) in [5, 5.41) is 10.4. The molecule has 8 heteroatoms. The minimum atomic E-state index is -3.31. The molecule has 1 aromatic carbocycles. The zero-order valence-electron chi connectivity index (χ0n) is 7.52. The van der Waals surface area contributed by atoms with Gasteiger partial charge in [-0.25, -0.2) is 4.39 Å². The van der Waals surface area contributed by atoms with Crippen LogP contribution in [0.3, 0.4) is 0 Å². The van der Waals surface area contributed by atoms with E-state index in [9.17, 15) is 28.1 Å². The number of carbonyl (C=O) groups excluding carboxylic acids is 1.